The van der Waals surface area contributed by atoms with E-state index < -0.39 is 0 Å². The molecule has 0 N–H and O–H groups in total. The van der Waals surface area contributed by atoms with Crippen molar-refractivity contribution in [3.05, 3.63) is 145 Å². The predicted molar refractivity (Wildman–Crippen MR) is 147 cm³/mol. The molecule has 0 aliphatic heterocycles. The van der Waals surface area contributed by atoms with Gasteiger partial charge in [0.15, 0.2) is 0 Å². The van der Waals surface area contributed by atoms with Gasteiger partial charge in [-0.15, -0.1) is 0 Å². The van der Waals surface area contributed by atoms with Crippen LogP contribution in [0.25, 0.3) is 46.1 Å². The molecule has 4 aromatic rings. The molecule has 4 rings (SSSR count). The second kappa shape index (κ2) is 9.97. The fourth-order valence-electron chi connectivity index (χ4n) is 4.48. The largest absolute Gasteiger partial charge is 0.0984 e. The number of benzene rings is 4. The molecule has 0 heteroatoms. The van der Waals surface area contributed by atoms with E-state index in [4.69, 9.17) is 0 Å². The summed E-state index contributed by atoms with van der Waals surface area (Å²) >= 11 is 0. The highest BCUT2D eigenvalue weighted by atomic mass is 14.2. The zero-order chi connectivity index (χ0) is 23.2. The summed E-state index contributed by atoms with van der Waals surface area (Å²) in [6.07, 6.45) is 8.10. The fourth-order valence-corrected chi connectivity index (χ4v) is 4.48. The molecule has 0 amide bonds. The summed E-state index contributed by atoms with van der Waals surface area (Å²) in [4.78, 5) is 0. The van der Waals surface area contributed by atoms with E-state index in [2.05, 4.69) is 106 Å². The molecule has 0 atom stereocenters. The highest BCUT2D eigenvalue weighted by Crippen LogP contribution is 2.42. The normalized spacial score (nSPS) is 11.1. The Balaban J connectivity index is 2.16. The van der Waals surface area contributed by atoms with Crippen molar-refractivity contribution in [2.75, 3.05) is 0 Å². The highest BCUT2D eigenvalue weighted by molar-refractivity contribution is 5.99. The Morgan fingerprint density at radius 3 is 1.52 bits per heavy atom. The third-order valence-corrected chi connectivity index (χ3v) is 6.04. The predicted octanol–water partition coefficient (Wildman–Crippen LogP) is 9.34. The summed E-state index contributed by atoms with van der Waals surface area (Å²) < 4.78 is 0. The average molecular weight is 425 g/mol. The molecule has 4 aromatic carbocycles. The van der Waals surface area contributed by atoms with E-state index in [1.807, 2.05) is 36.4 Å². The minimum atomic E-state index is 1.08. The van der Waals surface area contributed by atoms with Crippen molar-refractivity contribution in [3.8, 4) is 22.3 Å². The van der Waals surface area contributed by atoms with E-state index in [1.165, 1.54) is 22.3 Å². The minimum Gasteiger partial charge on any atom is -0.0984 e. The van der Waals surface area contributed by atoms with Crippen molar-refractivity contribution < 1.29 is 0 Å². The van der Waals surface area contributed by atoms with E-state index in [0.717, 1.165) is 33.4 Å². The van der Waals surface area contributed by atoms with Crippen LogP contribution in [0.3, 0.4) is 0 Å². The zero-order valence-electron chi connectivity index (χ0n) is 19.1. The van der Waals surface area contributed by atoms with Crippen LogP contribution in [0.1, 0.15) is 27.8 Å². The highest BCUT2D eigenvalue weighted by Gasteiger charge is 2.20. The van der Waals surface area contributed by atoms with E-state index in [-0.39, 0.29) is 0 Å². The SMILES string of the molecule is C=C/C(=C\c1c(C)c(-c2ccccc2)c(C=C)c(C=C)c1-c1ccccc1)c1ccccc1. The van der Waals surface area contributed by atoms with Gasteiger partial charge in [-0.25, -0.2) is 0 Å². The summed E-state index contributed by atoms with van der Waals surface area (Å²) in [6.45, 7) is 14.7. The smallest absolute Gasteiger partial charge is 0.00297 e. The van der Waals surface area contributed by atoms with Crippen LogP contribution in [0.15, 0.2) is 117 Å². The van der Waals surface area contributed by atoms with Crippen molar-refractivity contribution in [2.45, 2.75) is 6.92 Å². The van der Waals surface area contributed by atoms with Gasteiger partial charge >= 0.3 is 0 Å². The number of hydrogen-bond acceptors (Lipinski definition) is 0. The average Bonchev–Trinajstić information content (AvgIpc) is 2.88. The topological polar surface area (TPSA) is 0 Å². The van der Waals surface area contributed by atoms with Gasteiger partial charge in [0.05, 0.1) is 0 Å². The van der Waals surface area contributed by atoms with Crippen LogP contribution in [-0.2, 0) is 0 Å². The zero-order valence-corrected chi connectivity index (χ0v) is 19.1. The minimum absolute atomic E-state index is 1.08. The molecule has 33 heavy (non-hydrogen) atoms. The van der Waals surface area contributed by atoms with E-state index in [0.29, 0.717) is 0 Å². The Hall–Kier alpha value is -4.16. The quantitative estimate of drug-likeness (QED) is 0.205. The van der Waals surface area contributed by atoms with E-state index in [1.54, 1.807) is 0 Å². The van der Waals surface area contributed by atoms with Gasteiger partial charge < -0.3 is 0 Å². The molecule has 0 aromatic heterocycles. The summed E-state index contributed by atoms with van der Waals surface area (Å²) in [5.41, 5.74) is 11.4. The van der Waals surface area contributed by atoms with Crippen molar-refractivity contribution in [1.29, 1.82) is 0 Å². The second-order valence-corrected chi connectivity index (χ2v) is 7.93. The molecule has 0 aliphatic carbocycles. The summed E-state index contributed by atoms with van der Waals surface area (Å²) in [5.74, 6) is 0. The molecule has 0 saturated carbocycles. The first kappa shape index (κ1) is 22.0. The summed E-state index contributed by atoms with van der Waals surface area (Å²) in [6, 6.07) is 31.4. The fraction of sp³-hybridized carbons (Fsp3) is 0.0303. The van der Waals surface area contributed by atoms with Gasteiger partial charge in [-0.3, -0.25) is 0 Å². The van der Waals surface area contributed by atoms with Gasteiger partial charge in [0, 0.05) is 0 Å². The van der Waals surface area contributed by atoms with Crippen molar-refractivity contribution in [3.63, 3.8) is 0 Å². The van der Waals surface area contributed by atoms with E-state index >= 15 is 0 Å². The maximum absolute atomic E-state index is 4.20. The van der Waals surface area contributed by atoms with Crippen LogP contribution in [0.4, 0.5) is 0 Å². The van der Waals surface area contributed by atoms with Crippen molar-refractivity contribution in [1.82, 2.24) is 0 Å². The molecule has 0 aliphatic rings. The van der Waals surface area contributed by atoms with Gasteiger partial charge in [-0.1, -0.05) is 129 Å². The van der Waals surface area contributed by atoms with Crippen LogP contribution in [0, 0.1) is 6.92 Å². The van der Waals surface area contributed by atoms with Crippen LogP contribution in [0.5, 0.6) is 0 Å². The van der Waals surface area contributed by atoms with Gasteiger partial charge in [0.1, 0.15) is 0 Å². The standard InChI is InChI=1S/C33H28/c1-5-25(26-17-11-8-12-18-26)23-31-24(4)32(27-19-13-9-14-20-27)29(6-2)30(7-3)33(31)28-21-15-10-16-22-28/h5-23H,1-3H2,4H3/b25-23+. The molecule has 0 fully saturated rings. The molecule has 0 saturated heterocycles. The first-order valence-electron chi connectivity index (χ1n) is 11.2. The van der Waals surface area contributed by atoms with Crippen molar-refractivity contribution in [2.24, 2.45) is 0 Å². The molecule has 0 heterocycles. The van der Waals surface area contributed by atoms with Crippen LogP contribution >= 0.6 is 0 Å². The lowest BCUT2D eigenvalue weighted by molar-refractivity contribution is 1.40. The molecular formula is C33H28. The van der Waals surface area contributed by atoms with E-state index in [9.17, 15) is 0 Å². The molecule has 0 nitrogen and oxygen atoms in total. The maximum atomic E-state index is 4.20. The van der Waals surface area contributed by atoms with Gasteiger partial charge in [-0.2, -0.15) is 0 Å². The maximum Gasteiger partial charge on any atom is -0.00297 e. The Morgan fingerprint density at radius 1 is 0.576 bits per heavy atom. The van der Waals surface area contributed by atoms with Crippen LogP contribution in [0.2, 0.25) is 0 Å². The third-order valence-electron chi connectivity index (χ3n) is 6.04. The summed E-state index contributed by atoms with van der Waals surface area (Å²) in [5, 5.41) is 0. The van der Waals surface area contributed by atoms with Crippen LogP contribution < -0.4 is 0 Å². The van der Waals surface area contributed by atoms with Crippen LogP contribution in [-0.4, -0.2) is 0 Å². The lowest BCUT2D eigenvalue weighted by Gasteiger charge is -2.23. The molecule has 0 radical (unpaired) electrons. The first-order chi connectivity index (χ1) is 16.2. The number of hydrogen-bond donors (Lipinski definition) is 0. The second-order valence-electron chi connectivity index (χ2n) is 7.93. The Kier molecular flexibility index (Phi) is 6.66. The lowest BCUT2D eigenvalue weighted by atomic mass is 9.81. The summed E-state index contributed by atoms with van der Waals surface area (Å²) in [7, 11) is 0. The van der Waals surface area contributed by atoms with Gasteiger partial charge in [-0.05, 0) is 68.6 Å². The first-order valence-corrected chi connectivity index (χ1v) is 11.2. The molecule has 0 unspecified atom stereocenters. The van der Waals surface area contributed by atoms with Gasteiger partial charge in [0.2, 0.25) is 0 Å². The van der Waals surface area contributed by atoms with Gasteiger partial charge in [0.25, 0.3) is 0 Å². The third kappa shape index (κ3) is 4.29. The lowest BCUT2D eigenvalue weighted by Crippen LogP contribution is -2.01. The number of rotatable bonds is 7. The van der Waals surface area contributed by atoms with Crippen molar-refractivity contribution >= 4 is 23.8 Å². The molecular weight excluding hydrogens is 396 g/mol. The Morgan fingerprint density at radius 2 is 1.03 bits per heavy atom. The monoisotopic (exact) mass is 424 g/mol. The number of allylic oxidation sites excluding steroid dienone is 2. The Labute approximate surface area is 197 Å². The molecule has 0 bridgehead atoms. The molecule has 0 spiro atoms. The molecule has 160 valence electrons. The Bertz CT molecular complexity index is 1320.